The molecule has 6 heteroatoms. The van der Waals surface area contributed by atoms with Crippen molar-refractivity contribution in [3.8, 4) is 11.5 Å². The third-order valence-electron chi connectivity index (χ3n) is 3.43. The van der Waals surface area contributed by atoms with E-state index in [-0.39, 0.29) is 5.91 Å². The third-order valence-corrected chi connectivity index (χ3v) is 4.20. The zero-order valence-corrected chi connectivity index (χ0v) is 13.4. The van der Waals surface area contributed by atoms with E-state index in [0.717, 1.165) is 4.96 Å². The molecule has 0 aliphatic heterocycles. The topological polar surface area (TPSA) is 55.6 Å². The number of benzene rings is 2. The molecule has 0 aliphatic rings. The molecule has 0 atom stereocenters. The van der Waals surface area contributed by atoms with Gasteiger partial charge in [-0.3, -0.25) is 9.20 Å². The maximum absolute atomic E-state index is 12.4. The Kier molecular flexibility index (Phi) is 3.72. The molecular formula is C18H13N3O2S. The van der Waals surface area contributed by atoms with E-state index in [4.69, 9.17) is 4.74 Å². The minimum Gasteiger partial charge on any atom is -0.455 e. The van der Waals surface area contributed by atoms with Gasteiger partial charge in [0.15, 0.2) is 10.7 Å². The minimum absolute atomic E-state index is 0.269. The Labute approximate surface area is 142 Å². The van der Waals surface area contributed by atoms with Gasteiger partial charge < -0.3 is 10.1 Å². The van der Waals surface area contributed by atoms with Crippen molar-refractivity contribution in [1.82, 2.24) is 9.38 Å². The van der Waals surface area contributed by atoms with Crippen LogP contribution in [0.1, 0.15) is 10.5 Å². The maximum Gasteiger partial charge on any atom is 0.276 e. The first-order valence-corrected chi connectivity index (χ1v) is 8.23. The summed E-state index contributed by atoms with van der Waals surface area (Å²) in [7, 11) is 0. The number of anilines is 1. The second-order valence-electron chi connectivity index (χ2n) is 5.08. The largest absolute Gasteiger partial charge is 0.455 e. The summed E-state index contributed by atoms with van der Waals surface area (Å²) in [6.07, 6.45) is 3.58. The Morgan fingerprint density at radius 3 is 2.71 bits per heavy atom. The van der Waals surface area contributed by atoms with Crippen molar-refractivity contribution in [2.24, 2.45) is 0 Å². The minimum atomic E-state index is -0.269. The van der Waals surface area contributed by atoms with Crippen molar-refractivity contribution in [2.45, 2.75) is 0 Å². The van der Waals surface area contributed by atoms with Crippen LogP contribution in [0.15, 0.2) is 72.4 Å². The number of nitrogens with zero attached hydrogens (tertiary/aromatic N) is 2. The Balaban J connectivity index is 1.58. The molecule has 2 heterocycles. The number of hydrogen-bond donors (Lipinski definition) is 1. The Morgan fingerprint density at radius 1 is 1.08 bits per heavy atom. The molecule has 2 aromatic heterocycles. The van der Waals surface area contributed by atoms with Crippen LogP contribution in [0.2, 0.25) is 0 Å². The molecule has 5 nitrogen and oxygen atoms in total. The summed E-state index contributed by atoms with van der Waals surface area (Å²) in [5.41, 5.74) is 0.971. The first kappa shape index (κ1) is 14.5. The summed E-state index contributed by atoms with van der Waals surface area (Å²) in [5, 5.41) is 4.79. The average molecular weight is 335 g/mol. The van der Waals surface area contributed by atoms with Gasteiger partial charge in [0.2, 0.25) is 0 Å². The van der Waals surface area contributed by atoms with Crippen LogP contribution < -0.4 is 10.1 Å². The Morgan fingerprint density at radius 2 is 1.88 bits per heavy atom. The number of ether oxygens (including phenoxy) is 1. The lowest BCUT2D eigenvalue weighted by Crippen LogP contribution is -2.12. The number of imidazole rings is 1. The molecule has 0 saturated heterocycles. The molecule has 24 heavy (non-hydrogen) atoms. The Hall–Kier alpha value is -3.12. The molecule has 0 radical (unpaired) electrons. The number of nitrogens with one attached hydrogen (secondary N) is 1. The predicted molar refractivity (Wildman–Crippen MR) is 94.0 cm³/mol. The molecule has 4 aromatic rings. The number of aromatic nitrogens is 2. The lowest BCUT2D eigenvalue weighted by molar-refractivity contribution is 0.102. The summed E-state index contributed by atoms with van der Waals surface area (Å²) >= 11 is 1.48. The zero-order valence-electron chi connectivity index (χ0n) is 12.5. The highest BCUT2D eigenvalue weighted by Gasteiger charge is 2.14. The van der Waals surface area contributed by atoms with Gasteiger partial charge in [0.05, 0.1) is 5.69 Å². The van der Waals surface area contributed by atoms with Gasteiger partial charge in [0, 0.05) is 17.8 Å². The van der Waals surface area contributed by atoms with E-state index < -0.39 is 0 Å². The highest BCUT2D eigenvalue weighted by molar-refractivity contribution is 7.15. The van der Waals surface area contributed by atoms with Gasteiger partial charge in [-0.1, -0.05) is 30.3 Å². The molecule has 0 unspecified atom stereocenters. The van der Waals surface area contributed by atoms with Crippen LogP contribution in [-0.2, 0) is 0 Å². The fourth-order valence-corrected chi connectivity index (χ4v) is 3.00. The van der Waals surface area contributed by atoms with E-state index in [1.54, 1.807) is 12.3 Å². The maximum atomic E-state index is 12.4. The molecule has 1 N–H and O–H groups in total. The molecule has 0 aliphatic carbocycles. The van der Waals surface area contributed by atoms with Crippen LogP contribution in [0.5, 0.6) is 11.5 Å². The number of carbonyl (C=O) groups is 1. The molecule has 0 saturated carbocycles. The van der Waals surface area contributed by atoms with Gasteiger partial charge in [-0.15, -0.1) is 11.3 Å². The van der Waals surface area contributed by atoms with Gasteiger partial charge in [0.1, 0.15) is 11.4 Å². The van der Waals surface area contributed by atoms with Crippen LogP contribution in [-0.4, -0.2) is 15.3 Å². The lowest BCUT2D eigenvalue weighted by Gasteiger charge is -2.11. The second-order valence-corrected chi connectivity index (χ2v) is 5.96. The van der Waals surface area contributed by atoms with Crippen molar-refractivity contribution in [2.75, 3.05) is 5.32 Å². The van der Waals surface area contributed by atoms with Gasteiger partial charge in [0.25, 0.3) is 5.91 Å². The summed E-state index contributed by atoms with van der Waals surface area (Å²) in [6, 6.07) is 16.8. The van der Waals surface area contributed by atoms with E-state index in [9.17, 15) is 4.79 Å². The first-order valence-electron chi connectivity index (χ1n) is 7.35. The normalized spacial score (nSPS) is 10.7. The number of para-hydroxylation sites is 3. The molecule has 118 valence electrons. The quantitative estimate of drug-likeness (QED) is 0.600. The molecular weight excluding hydrogens is 322 g/mol. The van der Waals surface area contributed by atoms with E-state index in [0.29, 0.717) is 22.9 Å². The van der Waals surface area contributed by atoms with Crippen molar-refractivity contribution in [3.63, 3.8) is 0 Å². The molecule has 0 bridgehead atoms. The molecule has 1 amide bonds. The van der Waals surface area contributed by atoms with Gasteiger partial charge in [-0.25, -0.2) is 4.98 Å². The molecule has 0 fully saturated rings. The fourth-order valence-electron chi connectivity index (χ4n) is 2.30. The number of carbonyl (C=O) groups excluding carboxylic acids is 1. The average Bonchev–Trinajstić information content (AvgIpc) is 3.19. The van der Waals surface area contributed by atoms with Crippen molar-refractivity contribution in [3.05, 3.63) is 78.1 Å². The molecule has 0 spiro atoms. The summed E-state index contributed by atoms with van der Waals surface area (Å²) in [6.45, 7) is 0. The van der Waals surface area contributed by atoms with Crippen molar-refractivity contribution >= 4 is 27.9 Å². The number of hydrogen-bond acceptors (Lipinski definition) is 4. The molecule has 4 rings (SSSR count). The number of rotatable bonds is 4. The number of fused-ring (bicyclic) bond motifs is 1. The van der Waals surface area contributed by atoms with Crippen LogP contribution in [0.4, 0.5) is 5.69 Å². The van der Waals surface area contributed by atoms with Crippen molar-refractivity contribution in [1.29, 1.82) is 0 Å². The van der Waals surface area contributed by atoms with E-state index in [1.165, 1.54) is 11.3 Å². The third kappa shape index (κ3) is 2.87. The van der Waals surface area contributed by atoms with Gasteiger partial charge >= 0.3 is 0 Å². The van der Waals surface area contributed by atoms with E-state index >= 15 is 0 Å². The Bertz CT molecular complexity index is 963. The lowest BCUT2D eigenvalue weighted by atomic mass is 10.2. The van der Waals surface area contributed by atoms with E-state index in [1.807, 2.05) is 64.5 Å². The standard InChI is InChI=1S/C18H13N3O2S/c22-17(15-12-21-10-11-24-18(21)20-15)19-14-8-4-5-9-16(14)23-13-6-2-1-3-7-13/h1-12H,(H,19,22). The zero-order chi connectivity index (χ0) is 16.4. The van der Waals surface area contributed by atoms with Crippen LogP contribution >= 0.6 is 11.3 Å². The van der Waals surface area contributed by atoms with Crippen molar-refractivity contribution < 1.29 is 9.53 Å². The van der Waals surface area contributed by atoms with Gasteiger partial charge in [-0.2, -0.15) is 0 Å². The number of amides is 1. The number of thiazole rings is 1. The second kappa shape index (κ2) is 6.17. The first-order chi connectivity index (χ1) is 11.8. The summed E-state index contributed by atoms with van der Waals surface area (Å²) in [5.74, 6) is 1.02. The smallest absolute Gasteiger partial charge is 0.276 e. The highest BCUT2D eigenvalue weighted by atomic mass is 32.1. The fraction of sp³-hybridized carbons (Fsp3) is 0. The van der Waals surface area contributed by atoms with Crippen LogP contribution in [0.25, 0.3) is 4.96 Å². The van der Waals surface area contributed by atoms with Crippen LogP contribution in [0.3, 0.4) is 0 Å². The monoisotopic (exact) mass is 335 g/mol. The summed E-state index contributed by atoms with van der Waals surface area (Å²) in [4.78, 5) is 17.5. The SMILES string of the molecule is O=C(Nc1ccccc1Oc1ccccc1)c1cn2ccsc2n1. The van der Waals surface area contributed by atoms with Crippen LogP contribution in [0, 0.1) is 0 Å². The van der Waals surface area contributed by atoms with Gasteiger partial charge in [-0.05, 0) is 24.3 Å². The molecule has 2 aromatic carbocycles. The van der Waals surface area contributed by atoms with E-state index in [2.05, 4.69) is 10.3 Å². The predicted octanol–water partition coefficient (Wildman–Crippen LogP) is 4.44. The highest BCUT2D eigenvalue weighted by Crippen LogP contribution is 2.29. The summed E-state index contributed by atoms with van der Waals surface area (Å²) < 4.78 is 7.68.